The number of aryl methyl sites for hydroxylation is 1. The van der Waals surface area contributed by atoms with Crippen LogP contribution in [0.2, 0.25) is 0 Å². The lowest BCUT2D eigenvalue weighted by molar-refractivity contribution is 0.459. The van der Waals surface area contributed by atoms with Gasteiger partial charge in [0.1, 0.15) is 11.6 Å². The molecule has 0 radical (unpaired) electrons. The minimum atomic E-state index is 0.158. The van der Waals surface area contributed by atoms with Crippen molar-refractivity contribution in [2.24, 2.45) is 11.7 Å². The van der Waals surface area contributed by atoms with E-state index in [9.17, 15) is 0 Å². The summed E-state index contributed by atoms with van der Waals surface area (Å²) < 4.78 is 2.15. The predicted molar refractivity (Wildman–Crippen MR) is 61.7 cm³/mol. The van der Waals surface area contributed by atoms with Crippen LogP contribution in [0.4, 0.5) is 0 Å². The van der Waals surface area contributed by atoms with Crippen molar-refractivity contribution in [3.8, 4) is 0 Å². The first kappa shape index (κ1) is 12.2. The molecule has 4 heteroatoms. The second kappa shape index (κ2) is 4.75. The SMILES string of the molecule is Cc1nnc(CC(N)C(C)C)n1C(C)C. The standard InChI is InChI=1S/C11H22N4/c1-7(2)10(12)6-11-14-13-9(5)15(11)8(3)4/h7-8,10H,6,12H2,1-5H3. The van der Waals surface area contributed by atoms with Gasteiger partial charge in [0.15, 0.2) is 0 Å². The van der Waals surface area contributed by atoms with E-state index in [1.165, 1.54) is 0 Å². The Kier molecular flexibility index (Phi) is 3.85. The van der Waals surface area contributed by atoms with E-state index in [1.807, 2.05) is 6.92 Å². The molecule has 0 saturated carbocycles. The van der Waals surface area contributed by atoms with E-state index in [2.05, 4.69) is 42.5 Å². The number of nitrogens with two attached hydrogens (primary N) is 1. The maximum absolute atomic E-state index is 6.05. The summed E-state index contributed by atoms with van der Waals surface area (Å²) >= 11 is 0. The molecule has 0 bridgehead atoms. The van der Waals surface area contributed by atoms with Crippen LogP contribution < -0.4 is 5.73 Å². The second-order valence-corrected chi connectivity index (χ2v) is 4.74. The van der Waals surface area contributed by atoms with Gasteiger partial charge in [0.2, 0.25) is 0 Å². The number of nitrogens with zero attached hydrogens (tertiary/aromatic N) is 3. The van der Waals surface area contributed by atoms with Gasteiger partial charge < -0.3 is 10.3 Å². The van der Waals surface area contributed by atoms with Crippen LogP contribution in [-0.4, -0.2) is 20.8 Å². The fourth-order valence-electron chi connectivity index (χ4n) is 1.67. The van der Waals surface area contributed by atoms with Gasteiger partial charge in [-0.25, -0.2) is 0 Å². The Hall–Kier alpha value is -0.900. The Morgan fingerprint density at radius 3 is 2.27 bits per heavy atom. The number of aromatic nitrogens is 3. The molecule has 1 heterocycles. The van der Waals surface area contributed by atoms with E-state index in [-0.39, 0.29) is 6.04 Å². The molecule has 0 fully saturated rings. The van der Waals surface area contributed by atoms with Gasteiger partial charge >= 0.3 is 0 Å². The monoisotopic (exact) mass is 210 g/mol. The first-order valence-corrected chi connectivity index (χ1v) is 5.59. The normalized spacial score (nSPS) is 13.9. The zero-order chi connectivity index (χ0) is 11.6. The van der Waals surface area contributed by atoms with Crippen molar-refractivity contribution >= 4 is 0 Å². The molecular formula is C11H22N4. The van der Waals surface area contributed by atoms with Crippen LogP contribution in [0, 0.1) is 12.8 Å². The van der Waals surface area contributed by atoms with Crippen molar-refractivity contribution in [1.29, 1.82) is 0 Å². The van der Waals surface area contributed by atoms with Gasteiger partial charge in [-0.2, -0.15) is 0 Å². The third-order valence-electron chi connectivity index (χ3n) is 2.73. The van der Waals surface area contributed by atoms with E-state index < -0.39 is 0 Å². The van der Waals surface area contributed by atoms with Gasteiger partial charge in [0, 0.05) is 18.5 Å². The van der Waals surface area contributed by atoms with Crippen LogP contribution in [0.1, 0.15) is 45.4 Å². The molecule has 0 aliphatic heterocycles. The Bertz CT molecular complexity index is 314. The molecule has 0 spiro atoms. The average molecular weight is 210 g/mol. The molecule has 15 heavy (non-hydrogen) atoms. The maximum atomic E-state index is 6.05. The Morgan fingerprint density at radius 1 is 1.20 bits per heavy atom. The van der Waals surface area contributed by atoms with Gasteiger partial charge in [0.25, 0.3) is 0 Å². The summed E-state index contributed by atoms with van der Waals surface area (Å²) in [6, 6.07) is 0.556. The van der Waals surface area contributed by atoms with Crippen LogP contribution in [0.5, 0.6) is 0 Å². The summed E-state index contributed by atoms with van der Waals surface area (Å²) in [5.74, 6) is 2.45. The third-order valence-corrected chi connectivity index (χ3v) is 2.73. The fourth-order valence-corrected chi connectivity index (χ4v) is 1.67. The molecule has 0 aromatic carbocycles. The highest BCUT2D eigenvalue weighted by atomic mass is 15.3. The van der Waals surface area contributed by atoms with Crippen LogP contribution in [0.15, 0.2) is 0 Å². The highest BCUT2D eigenvalue weighted by molar-refractivity contribution is 4.98. The second-order valence-electron chi connectivity index (χ2n) is 4.74. The zero-order valence-corrected chi connectivity index (χ0v) is 10.4. The predicted octanol–water partition coefficient (Wildman–Crippen LogP) is 1.69. The van der Waals surface area contributed by atoms with Crippen molar-refractivity contribution in [3.05, 3.63) is 11.6 Å². The summed E-state index contributed by atoms with van der Waals surface area (Å²) in [4.78, 5) is 0. The van der Waals surface area contributed by atoms with E-state index in [0.717, 1.165) is 18.1 Å². The Morgan fingerprint density at radius 2 is 1.80 bits per heavy atom. The number of hydrogen-bond donors (Lipinski definition) is 1. The minimum absolute atomic E-state index is 0.158. The molecule has 4 nitrogen and oxygen atoms in total. The van der Waals surface area contributed by atoms with Crippen molar-refractivity contribution in [2.75, 3.05) is 0 Å². The van der Waals surface area contributed by atoms with Gasteiger partial charge in [-0.15, -0.1) is 10.2 Å². The van der Waals surface area contributed by atoms with Crippen LogP contribution in [-0.2, 0) is 6.42 Å². The summed E-state index contributed by atoms with van der Waals surface area (Å²) in [5.41, 5.74) is 6.05. The van der Waals surface area contributed by atoms with E-state index in [1.54, 1.807) is 0 Å². The highest BCUT2D eigenvalue weighted by Gasteiger charge is 2.16. The van der Waals surface area contributed by atoms with E-state index in [4.69, 9.17) is 5.73 Å². The molecular weight excluding hydrogens is 188 g/mol. The molecule has 0 saturated heterocycles. The molecule has 1 rings (SSSR count). The summed E-state index contributed by atoms with van der Waals surface area (Å²) in [6.07, 6.45) is 0.802. The van der Waals surface area contributed by atoms with Crippen molar-refractivity contribution in [1.82, 2.24) is 14.8 Å². The minimum Gasteiger partial charge on any atom is -0.327 e. The van der Waals surface area contributed by atoms with Crippen molar-refractivity contribution in [3.63, 3.8) is 0 Å². The summed E-state index contributed by atoms with van der Waals surface area (Å²) in [7, 11) is 0. The largest absolute Gasteiger partial charge is 0.327 e. The molecule has 86 valence electrons. The molecule has 1 aromatic heterocycles. The lowest BCUT2D eigenvalue weighted by Crippen LogP contribution is -2.30. The Labute approximate surface area is 91.9 Å². The van der Waals surface area contributed by atoms with Crippen molar-refractivity contribution < 1.29 is 0 Å². The number of hydrogen-bond acceptors (Lipinski definition) is 3. The van der Waals surface area contributed by atoms with Crippen LogP contribution in [0.3, 0.4) is 0 Å². The highest BCUT2D eigenvalue weighted by Crippen LogP contribution is 2.13. The fraction of sp³-hybridized carbons (Fsp3) is 0.818. The molecule has 0 aliphatic carbocycles. The van der Waals surface area contributed by atoms with Crippen LogP contribution in [0.25, 0.3) is 0 Å². The molecule has 1 aromatic rings. The van der Waals surface area contributed by atoms with Crippen LogP contribution >= 0.6 is 0 Å². The molecule has 1 atom stereocenters. The van der Waals surface area contributed by atoms with Gasteiger partial charge in [-0.05, 0) is 26.7 Å². The van der Waals surface area contributed by atoms with Gasteiger partial charge in [-0.3, -0.25) is 0 Å². The smallest absolute Gasteiger partial charge is 0.134 e. The first-order chi connectivity index (χ1) is 6.93. The van der Waals surface area contributed by atoms with Crippen molar-refractivity contribution in [2.45, 2.75) is 53.1 Å². The Balaban J connectivity index is 2.86. The van der Waals surface area contributed by atoms with Gasteiger partial charge in [0.05, 0.1) is 0 Å². The summed E-state index contributed by atoms with van der Waals surface area (Å²) in [6.45, 7) is 10.5. The first-order valence-electron chi connectivity index (χ1n) is 5.59. The number of rotatable bonds is 4. The lowest BCUT2D eigenvalue weighted by Gasteiger charge is -2.17. The molecule has 2 N–H and O–H groups in total. The average Bonchev–Trinajstić information content (AvgIpc) is 2.46. The summed E-state index contributed by atoms with van der Waals surface area (Å²) in [5, 5.41) is 8.30. The van der Waals surface area contributed by atoms with E-state index in [0.29, 0.717) is 12.0 Å². The van der Waals surface area contributed by atoms with Gasteiger partial charge in [-0.1, -0.05) is 13.8 Å². The molecule has 0 aliphatic rings. The lowest BCUT2D eigenvalue weighted by atomic mass is 10.0. The quantitative estimate of drug-likeness (QED) is 0.822. The van der Waals surface area contributed by atoms with E-state index >= 15 is 0 Å². The maximum Gasteiger partial charge on any atom is 0.134 e. The topological polar surface area (TPSA) is 56.7 Å². The molecule has 0 amide bonds. The molecule has 1 unspecified atom stereocenters. The third kappa shape index (κ3) is 2.78. The zero-order valence-electron chi connectivity index (χ0n) is 10.4.